The normalized spacial score (nSPS) is 12.1. The van der Waals surface area contributed by atoms with Crippen LogP contribution in [0.15, 0.2) is 18.2 Å². The van der Waals surface area contributed by atoms with E-state index in [1.54, 1.807) is 38.9 Å². The number of nitrogens with zero attached hydrogens (tertiary/aromatic N) is 1. The number of carboxylic acid groups (broad SMARTS) is 1. The Morgan fingerprint density at radius 2 is 1.90 bits per heavy atom. The van der Waals surface area contributed by atoms with Crippen LogP contribution in [-0.4, -0.2) is 37.1 Å². The SMILES string of the molecule is CC(C)[C@H](NC(=O)c1ccc(N(C)C)cc1F)C(=O)O. The largest absolute Gasteiger partial charge is 0.480 e. The highest BCUT2D eigenvalue weighted by Gasteiger charge is 2.25. The lowest BCUT2D eigenvalue weighted by atomic mass is 10.0. The number of benzene rings is 1. The molecule has 0 heterocycles. The van der Waals surface area contributed by atoms with Gasteiger partial charge in [-0.2, -0.15) is 0 Å². The minimum Gasteiger partial charge on any atom is -0.480 e. The summed E-state index contributed by atoms with van der Waals surface area (Å²) < 4.78 is 13.9. The van der Waals surface area contributed by atoms with Gasteiger partial charge >= 0.3 is 5.97 Å². The Morgan fingerprint density at radius 3 is 2.30 bits per heavy atom. The van der Waals surface area contributed by atoms with Gasteiger partial charge in [0.1, 0.15) is 11.9 Å². The number of hydrogen-bond acceptors (Lipinski definition) is 3. The van der Waals surface area contributed by atoms with Crippen LogP contribution in [0.25, 0.3) is 0 Å². The van der Waals surface area contributed by atoms with Crippen LogP contribution in [0.1, 0.15) is 24.2 Å². The Bertz CT molecular complexity index is 515. The van der Waals surface area contributed by atoms with Gasteiger partial charge in [-0.25, -0.2) is 9.18 Å². The number of anilines is 1. The fraction of sp³-hybridized carbons (Fsp3) is 0.429. The summed E-state index contributed by atoms with van der Waals surface area (Å²) in [5.74, 6) is -2.84. The first-order valence-electron chi connectivity index (χ1n) is 6.24. The summed E-state index contributed by atoms with van der Waals surface area (Å²) in [6.07, 6.45) is 0. The van der Waals surface area contributed by atoms with E-state index in [1.807, 2.05) is 0 Å². The molecule has 2 N–H and O–H groups in total. The van der Waals surface area contributed by atoms with Crippen LogP contribution < -0.4 is 10.2 Å². The predicted octanol–water partition coefficient (Wildman–Crippen LogP) is 1.73. The molecule has 1 aromatic carbocycles. The summed E-state index contributed by atoms with van der Waals surface area (Å²) in [7, 11) is 3.52. The van der Waals surface area contributed by atoms with Crippen LogP contribution in [0, 0.1) is 11.7 Å². The van der Waals surface area contributed by atoms with Crippen molar-refractivity contribution in [3.05, 3.63) is 29.6 Å². The van der Waals surface area contributed by atoms with Crippen molar-refractivity contribution in [2.24, 2.45) is 5.92 Å². The maximum absolute atomic E-state index is 13.9. The van der Waals surface area contributed by atoms with E-state index < -0.39 is 23.7 Å². The van der Waals surface area contributed by atoms with Gasteiger partial charge in [-0.15, -0.1) is 0 Å². The molecule has 0 aliphatic rings. The molecule has 0 saturated heterocycles. The first-order valence-corrected chi connectivity index (χ1v) is 6.24. The van der Waals surface area contributed by atoms with Crippen molar-refractivity contribution >= 4 is 17.6 Å². The second-order valence-corrected chi connectivity index (χ2v) is 5.09. The van der Waals surface area contributed by atoms with E-state index in [0.29, 0.717) is 5.69 Å². The first-order chi connectivity index (χ1) is 9.23. The molecule has 0 aliphatic heterocycles. The quantitative estimate of drug-likeness (QED) is 0.863. The highest BCUT2D eigenvalue weighted by molar-refractivity contribution is 5.97. The van der Waals surface area contributed by atoms with Crippen LogP contribution in [0.4, 0.5) is 10.1 Å². The number of carbonyl (C=O) groups excluding carboxylic acids is 1. The molecule has 0 aliphatic carbocycles. The molecule has 0 unspecified atom stereocenters. The molecule has 0 radical (unpaired) electrons. The van der Waals surface area contributed by atoms with E-state index in [0.717, 1.165) is 0 Å². The van der Waals surface area contributed by atoms with Crippen molar-refractivity contribution in [3.63, 3.8) is 0 Å². The Hall–Kier alpha value is -2.11. The van der Waals surface area contributed by atoms with Gasteiger partial charge in [0.05, 0.1) is 5.56 Å². The van der Waals surface area contributed by atoms with Crippen molar-refractivity contribution in [2.75, 3.05) is 19.0 Å². The second-order valence-electron chi connectivity index (χ2n) is 5.09. The van der Waals surface area contributed by atoms with Gasteiger partial charge in [-0.05, 0) is 24.1 Å². The average molecular weight is 282 g/mol. The minimum atomic E-state index is -1.14. The molecule has 1 amide bonds. The second kappa shape index (κ2) is 6.36. The van der Waals surface area contributed by atoms with Gasteiger partial charge in [-0.1, -0.05) is 13.8 Å². The van der Waals surface area contributed by atoms with Gasteiger partial charge in [0.25, 0.3) is 5.91 Å². The van der Waals surface area contributed by atoms with Crippen molar-refractivity contribution in [2.45, 2.75) is 19.9 Å². The number of carbonyl (C=O) groups is 2. The number of carboxylic acids is 1. The fourth-order valence-electron chi connectivity index (χ4n) is 1.70. The van der Waals surface area contributed by atoms with E-state index >= 15 is 0 Å². The van der Waals surface area contributed by atoms with Crippen LogP contribution in [0.2, 0.25) is 0 Å². The maximum Gasteiger partial charge on any atom is 0.326 e. The lowest BCUT2D eigenvalue weighted by Crippen LogP contribution is -2.44. The van der Waals surface area contributed by atoms with E-state index in [9.17, 15) is 14.0 Å². The summed E-state index contributed by atoms with van der Waals surface area (Å²) in [6.45, 7) is 3.34. The smallest absolute Gasteiger partial charge is 0.326 e. The van der Waals surface area contributed by atoms with Crippen molar-refractivity contribution in [1.82, 2.24) is 5.32 Å². The third-order valence-electron chi connectivity index (χ3n) is 2.93. The third-order valence-corrected chi connectivity index (χ3v) is 2.93. The maximum atomic E-state index is 13.9. The summed E-state index contributed by atoms with van der Waals surface area (Å²) in [6, 6.07) is 3.14. The molecule has 1 atom stereocenters. The Kier molecular flexibility index (Phi) is 5.07. The number of amides is 1. The number of nitrogens with one attached hydrogen (secondary N) is 1. The van der Waals surface area contributed by atoms with Gasteiger partial charge < -0.3 is 15.3 Å². The summed E-state index contributed by atoms with van der Waals surface area (Å²) in [4.78, 5) is 24.7. The van der Waals surface area contributed by atoms with Crippen molar-refractivity contribution in [3.8, 4) is 0 Å². The highest BCUT2D eigenvalue weighted by Crippen LogP contribution is 2.17. The molecule has 6 heteroatoms. The molecule has 0 spiro atoms. The number of aliphatic carboxylic acids is 1. The third kappa shape index (κ3) is 3.69. The molecule has 0 fully saturated rings. The summed E-state index contributed by atoms with van der Waals surface area (Å²) in [5.41, 5.74) is 0.459. The van der Waals surface area contributed by atoms with Crippen LogP contribution in [0.3, 0.4) is 0 Å². The summed E-state index contributed by atoms with van der Waals surface area (Å²) >= 11 is 0. The minimum absolute atomic E-state index is 0.164. The average Bonchev–Trinajstić information content (AvgIpc) is 2.34. The Labute approximate surface area is 117 Å². The van der Waals surface area contributed by atoms with E-state index in [-0.39, 0.29) is 11.5 Å². The molecule has 1 aromatic rings. The van der Waals surface area contributed by atoms with Crippen LogP contribution in [0.5, 0.6) is 0 Å². The van der Waals surface area contributed by atoms with Gasteiger partial charge in [0.2, 0.25) is 0 Å². The molecule has 0 saturated carbocycles. The Balaban J connectivity index is 2.95. The molecular formula is C14H19FN2O3. The monoisotopic (exact) mass is 282 g/mol. The summed E-state index contributed by atoms with van der Waals surface area (Å²) in [5, 5.41) is 11.3. The molecule has 1 rings (SSSR count). The molecular weight excluding hydrogens is 263 g/mol. The number of hydrogen-bond donors (Lipinski definition) is 2. The van der Waals surface area contributed by atoms with Crippen molar-refractivity contribution < 1.29 is 19.1 Å². The predicted molar refractivity (Wildman–Crippen MR) is 74.5 cm³/mol. The highest BCUT2D eigenvalue weighted by atomic mass is 19.1. The lowest BCUT2D eigenvalue weighted by Gasteiger charge is -2.18. The fourth-order valence-corrected chi connectivity index (χ4v) is 1.70. The standard InChI is InChI=1S/C14H19FN2O3/c1-8(2)12(14(19)20)16-13(18)10-6-5-9(17(3)4)7-11(10)15/h5-8,12H,1-4H3,(H,16,18)(H,19,20)/t12-/m0/s1. The van der Waals surface area contributed by atoms with Crippen LogP contribution in [-0.2, 0) is 4.79 Å². The lowest BCUT2D eigenvalue weighted by molar-refractivity contribution is -0.140. The number of halogens is 1. The topological polar surface area (TPSA) is 69.6 Å². The van der Waals surface area contributed by atoms with Gasteiger partial charge in [0.15, 0.2) is 0 Å². The van der Waals surface area contributed by atoms with Crippen molar-refractivity contribution in [1.29, 1.82) is 0 Å². The van der Waals surface area contributed by atoms with Gasteiger partial charge in [-0.3, -0.25) is 4.79 Å². The molecule has 0 bridgehead atoms. The van der Waals surface area contributed by atoms with E-state index in [2.05, 4.69) is 5.32 Å². The van der Waals surface area contributed by atoms with Crippen LogP contribution >= 0.6 is 0 Å². The molecule has 110 valence electrons. The van der Waals surface area contributed by atoms with E-state index in [4.69, 9.17) is 5.11 Å². The first kappa shape index (κ1) is 15.9. The molecule has 20 heavy (non-hydrogen) atoms. The zero-order valence-corrected chi connectivity index (χ0v) is 12.0. The molecule has 5 nitrogen and oxygen atoms in total. The zero-order valence-electron chi connectivity index (χ0n) is 12.0. The Morgan fingerprint density at radius 1 is 1.30 bits per heavy atom. The van der Waals surface area contributed by atoms with Gasteiger partial charge in [0, 0.05) is 19.8 Å². The number of rotatable bonds is 5. The zero-order chi connectivity index (χ0) is 15.4. The van der Waals surface area contributed by atoms with E-state index in [1.165, 1.54) is 12.1 Å². The molecule has 0 aromatic heterocycles.